The first-order chi connectivity index (χ1) is 7.09. The van der Waals surface area contributed by atoms with Gasteiger partial charge in [0.05, 0.1) is 11.9 Å². The Morgan fingerprint density at radius 1 is 1.40 bits per heavy atom. The molecule has 0 spiro atoms. The molecule has 80 valence electrons. The quantitative estimate of drug-likeness (QED) is 0.780. The smallest absolute Gasteiger partial charge is 0.126 e. The van der Waals surface area contributed by atoms with Crippen LogP contribution in [-0.4, -0.2) is 24.7 Å². The Bertz CT molecular complexity index is 471. The molecule has 0 radical (unpaired) electrons. The number of rotatable bonds is 2. The highest BCUT2D eigenvalue weighted by molar-refractivity contribution is 5.26. The van der Waals surface area contributed by atoms with Crippen molar-refractivity contribution in [3.8, 4) is 0 Å². The minimum atomic E-state index is -0.695. The number of aromatic nitrogens is 4. The highest BCUT2D eigenvalue weighted by Crippen LogP contribution is 2.22. The number of hydrogen-bond acceptors (Lipinski definition) is 3. The van der Waals surface area contributed by atoms with E-state index >= 15 is 0 Å². The van der Waals surface area contributed by atoms with Crippen LogP contribution in [0, 0.1) is 6.92 Å². The van der Waals surface area contributed by atoms with Crippen molar-refractivity contribution in [2.24, 2.45) is 14.1 Å². The molecule has 0 amide bonds. The lowest BCUT2D eigenvalue weighted by molar-refractivity contribution is 0.213. The summed E-state index contributed by atoms with van der Waals surface area (Å²) in [5, 5.41) is 18.3. The SMILES string of the molecule is Cc1c(C(O)c2ccn(C)n2)cnn1C. The Labute approximate surface area is 88.0 Å². The molecule has 0 bridgehead atoms. The number of aliphatic hydroxyl groups excluding tert-OH is 1. The van der Waals surface area contributed by atoms with Crippen molar-refractivity contribution >= 4 is 0 Å². The molecule has 1 atom stereocenters. The summed E-state index contributed by atoms with van der Waals surface area (Å²) < 4.78 is 3.41. The van der Waals surface area contributed by atoms with E-state index in [0.717, 1.165) is 11.3 Å². The Morgan fingerprint density at radius 3 is 2.60 bits per heavy atom. The van der Waals surface area contributed by atoms with Crippen LogP contribution in [0.1, 0.15) is 23.1 Å². The monoisotopic (exact) mass is 206 g/mol. The molecule has 5 heteroatoms. The second-order valence-corrected chi connectivity index (χ2v) is 3.63. The zero-order chi connectivity index (χ0) is 11.0. The van der Waals surface area contributed by atoms with Gasteiger partial charge in [0.2, 0.25) is 0 Å². The van der Waals surface area contributed by atoms with Crippen molar-refractivity contribution in [3.05, 3.63) is 35.4 Å². The van der Waals surface area contributed by atoms with Gasteiger partial charge in [-0.25, -0.2) is 0 Å². The van der Waals surface area contributed by atoms with Gasteiger partial charge < -0.3 is 5.11 Å². The van der Waals surface area contributed by atoms with E-state index in [9.17, 15) is 5.11 Å². The predicted octanol–water partition coefficient (Wildman–Crippen LogP) is 0.544. The molecular formula is C10H14N4O. The van der Waals surface area contributed by atoms with Gasteiger partial charge in [-0.1, -0.05) is 0 Å². The number of nitrogens with zero attached hydrogens (tertiary/aromatic N) is 4. The van der Waals surface area contributed by atoms with Gasteiger partial charge in [-0.05, 0) is 13.0 Å². The fourth-order valence-electron chi connectivity index (χ4n) is 1.52. The van der Waals surface area contributed by atoms with Gasteiger partial charge in [0.15, 0.2) is 0 Å². The van der Waals surface area contributed by atoms with Crippen LogP contribution >= 0.6 is 0 Å². The minimum absolute atomic E-state index is 0.647. The molecule has 0 saturated heterocycles. The zero-order valence-corrected chi connectivity index (χ0v) is 9.05. The van der Waals surface area contributed by atoms with E-state index in [-0.39, 0.29) is 0 Å². The third kappa shape index (κ3) is 1.66. The maximum absolute atomic E-state index is 10.1. The molecule has 2 aromatic heterocycles. The van der Waals surface area contributed by atoms with Crippen LogP contribution in [0.25, 0.3) is 0 Å². The number of aliphatic hydroxyl groups is 1. The van der Waals surface area contributed by atoms with E-state index in [1.807, 2.05) is 27.2 Å². The van der Waals surface area contributed by atoms with Crippen molar-refractivity contribution in [1.29, 1.82) is 0 Å². The first-order valence-corrected chi connectivity index (χ1v) is 4.75. The third-order valence-corrected chi connectivity index (χ3v) is 2.58. The molecule has 0 aliphatic heterocycles. The minimum Gasteiger partial charge on any atom is -0.382 e. The van der Waals surface area contributed by atoms with Gasteiger partial charge in [-0.3, -0.25) is 9.36 Å². The van der Waals surface area contributed by atoms with Crippen LogP contribution in [0.5, 0.6) is 0 Å². The van der Waals surface area contributed by atoms with E-state index < -0.39 is 6.10 Å². The summed E-state index contributed by atoms with van der Waals surface area (Å²) in [4.78, 5) is 0. The third-order valence-electron chi connectivity index (χ3n) is 2.58. The molecule has 2 heterocycles. The van der Waals surface area contributed by atoms with Crippen LogP contribution in [0.4, 0.5) is 0 Å². The summed E-state index contributed by atoms with van der Waals surface area (Å²) in [6.45, 7) is 1.93. The Morgan fingerprint density at radius 2 is 2.13 bits per heavy atom. The van der Waals surface area contributed by atoms with Crippen molar-refractivity contribution in [2.75, 3.05) is 0 Å². The van der Waals surface area contributed by atoms with Crippen LogP contribution < -0.4 is 0 Å². The highest BCUT2D eigenvalue weighted by atomic mass is 16.3. The van der Waals surface area contributed by atoms with Crippen molar-refractivity contribution in [2.45, 2.75) is 13.0 Å². The lowest BCUT2D eigenvalue weighted by Gasteiger charge is -2.06. The highest BCUT2D eigenvalue weighted by Gasteiger charge is 2.17. The maximum atomic E-state index is 10.1. The molecule has 0 aliphatic rings. The molecule has 5 nitrogen and oxygen atoms in total. The molecule has 1 N–H and O–H groups in total. The van der Waals surface area contributed by atoms with Gasteiger partial charge in [0.25, 0.3) is 0 Å². The normalized spacial score (nSPS) is 13.1. The summed E-state index contributed by atoms with van der Waals surface area (Å²) in [6, 6.07) is 1.80. The van der Waals surface area contributed by atoms with Gasteiger partial charge in [-0.15, -0.1) is 0 Å². The van der Waals surface area contributed by atoms with E-state index in [1.165, 1.54) is 0 Å². The van der Waals surface area contributed by atoms with Crippen molar-refractivity contribution < 1.29 is 5.11 Å². The van der Waals surface area contributed by atoms with Gasteiger partial charge in [0, 0.05) is 31.5 Å². The average Bonchev–Trinajstić information content (AvgIpc) is 2.75. The summed E-state index contributed by atoms with van der Waals surface area (Å²) in [5.41, 5.74) is 2.40. The molecule has 2 rings (SSSR count). The second-order valence-electron chi connectivity index (χ2n) is 3.63. The Kier molecular flexibility index (Phi) is 2.32. The van der Waals surface area contributed by atoms with Gasteiger partial charge >= 0.3 is 0 Å². The van der Waals surface area contributed by atoms with Crippen LogP contribution in [0.2, 0.25) is 0 Å². The average molecular weight is 206 g/mol. The summed E-state index contributed by atoms with van der Waals surface area (Å²) in [6.07, 6.45) is 2.79. The summed E-state index contributed by atoms with van der Waals surface area (Å²) >= 11 is 0. The maximum Gasteiger partial charge on any atom is 0.126 e. The van der Waals surface area contributed by atoms with Gasteiger partial charge in [0.1, 0.15) is 6.10 Å². The standard InChI is InChI=1S/C10H14N4O/c1-7-8(6-11-14(7)3)10(15)9-4-5-13(2)12-9/h4-6,10,15H,1-3H3. The Balaban J connectivity index is 2.36. The molecule has 0 fully saturated rings. The largest absolute Gasteiger partial charge is 0.382 e. The van der Waals surface area contributed by atoms with E-state index in [4.69, 9.17) is 0 Å². The fraction of sp³-hybridized carbons (Fsp3) is 0.400. The Hall–Kier alpha value is -1.62. The van der Waals surface area contributed by atoms with E-state index in [1.54, 1.807) is 21.6 Å². The second kappa shape index (κ2) is 3.51. The molecule has 0 saturated carbocycles. The van der Waals surface area contributed by atoms with Crippen LogP contribution in [-0.2, 0) is 14.1 Å². The molecule has 0 aromatic carbocycles. The molecule has 15 heavy (non-hydrogen) atoms. The number of aryl methyl sites for hydroxylation is 2. The summed E-state index contributed by atoms with van der Waals surface area (Å²) in [7, 11) is 3.68. The lowest BCUT2D eigenvalue weighted by Crippen LogP contribution is -2.03. The van der Waals surface area contributed by atoms with E-state index in [0.29, 0.717) is 5.69 Å². The lowest BCUT2D eigenvalue weighted by atomic mass is 10.1. The predicted molar refractivity (Wildman–Crippen MR) is 55.2 cm³/mol. The first-order valence-electron chi connectivity index (χ1n) is 4.75. The van der Waals surface area contributed by atoms with E-state index in [2.05, 4.69) is 10.2 Å². The number of hydrogen-bond donors (Lipinski definition) is 1. The molecule has 2 aromatic rings. The topological polar surface area (TPSA) is 55.9 Å². The molecule has 0 aliphatic carbocycles. The zero-order valence-electron chi connectivity index (χ0n) is 9.05. The van der Waals surface area contributed by atoms with Crippen LogP contribution in [0.3, 0.4) is 0 Å². The van der Waals surface area contributed by atoms with Crippen LogP contribution in [0.15, 0.2) is 18.5 Å². The van der Waals surface area contributed by atoms with Crippen molar-refractivity contribution in [3.63, 3.8) is 0 Å². The van der Waals surface area contributed by atoms with Crippen molar-refractivity contribution in [1.82, 2.24) is 19.6 Å². The molecular weight excluding hydrogens is 192 g/mol. The summed E-state index contributed by atoms with van der Waals surface area (Å²) in [5.74, 6) is 0. The fourth-order valence-corrected chi connectivity index (χ4v) is 1.52. The first kappa shape index (κ1) is 9.92. The van der Waals surface area contributed by atoms with Gasteiger partial charge in [-0.2, -0.15) is 10.2 Å². The molecule has 1 unspecified atom stereocenters.